The van der Waals surface area contributed by atoms with E-state index >= 15 is 0 Å². The molecule has 1 aromatic carbocycles. The van der Waals surface area contributed by atoms with Crippen LogP contribution in [0.3, 0.4) is 0 Å². The number of carboxylic acid groups (broad SMARTS) is 2. The van der Waals surface area contributed by atoms with Gasteiger partial charge in [0.1, 0.15) is 5.82 Å². The Morgan fingerprint density at radius 2 is 1.96 bits per heavy atom. The van der Waals surface area contributed by atoms with Gasteiger partial charge in [0.2, 0.25) is 0 Å². The number of fused-ring (bicyclic) bond motifs is 1. The van der Waals surface area contributed by atoms with Gasteiger partial charge in [-0.3, -0.25) is 0 Å². The average molecular weight is 378 g/mol. The number of hydrogen-bond donors (Lipinski definition) is 3. The first-order valence-electron chi connectivity index (χ1n) is 8.57. The SMILES string of the molecule is CC(C)[C@H]1CNCCN1c1cc(F)cc2ccoc12.O=C(O)/C=C/C(=O)O. The number of nitrogens with zero attached hydrogens (tertiary/aromatic N) is 1. The third-order valence-electron chi connectivity index (χ3n) is 4.23. The van der Waals surface area contributed by atoms with Crippen molar-refractivity contribution in [3.05, 3.63) is 42.4 Å². The van der Waals surface area contributed by atoms with Gasteiger partial charge in [0.15, 0.2) is 5.58 Å². The molecule has 7 nitrogen and oxygen atoms in total. The van der Waals surface area contributed by atoms with Crippen LogP contribution in [0.4, 0.5) is 10.1 Å². The van der Waals surface area contributed by atoms with Crippen molar-refractivity contribution >= 4 is 28.6 Å². The second kappa shape index (κ2) is 9.18. The van der Waals surface area contributed by atoms with E-state index in [1.54, 1.807) is 12.3 Å². The molecular formula is C19H23FN2O5. The van der Waals surface area contributed by atoms with Crippen LogP contribution in [0.2, 0.25) is 0 Å². The molecule has 2 aromatic rings. The van der Waals surface area contributed by atoms with E-state index in [-0.39, 0.29) is 5.82 Å². The van der Waals surface area contributed by atoms with E-state index in [2.05, 4.69) is 24.1 Å². The van der Waals surface area contributed by atoms with Crippen LogP contribution >= 0.6 is 0 Å². The van der Waals surface area contributed by atoms with Crippen molar-refractivity contribution in [1.29, 1.82) is 0 Å². The van der Waals surface area contributed by atoms with Crippen molar-refractivity contribution in [2.45, 2.75) is 19.9 Å². The smallest absolute Gasteiger partial charge is 0.328 e. The van der Waals surface area contributed by atoms with Gasteiger partial charge in [-0.05, 0) is 18.1 Å². The Balaban J connectivity index is 0.000000279. The molecule has 1 aliphatic heterocycles. The van der Waals surface area contributed by atoms with Crippen molar-refractivity contribution in [2.75, 3.05) is 24.5 Å². The highest BCUT2D eigenvalue weighted by Crippen LogP contribution is 2.32. The summed E-state index contributed by atoms with van der Waals surface area (Å²) in [6, 6.07) is 5.29. The molecule has 27 heavy (non-hydrogen) atoms. The van der Waals surface area contributed by atoms with Gasteiger partial charge in [0, 0.05) is 49.3 Å². The molecule has 0 saturated carbocycles. The van der Waals surface area contributed by atoms with E-state index in [0.717, 1.165) is 36.3 Å². The van der Waals surface area contributed by atoms with Crippen LogP contribution in [0.1, 0.15) is 13.8 Å². The lowest BCUT2D eigenvalue weighted by molar-refractivity contribution is -0.134. The summed E-state index contributed by atoms with van der Waals surface area (Å²) in [7, 11) is 0. The second-order valence-electron chi connectivity index (χ2n) is 6.48. The maximum atomic E-state index is 13.8. The van der Waals surface area contributed by atoms with E-state index in [1.807, 2.05) is 6.07 Å². The number of piperazine rings is 1. The van der Waals surface area contributed by atoms with Gasteiger partial charge >= 0.3 is 11.9 Å². The summed E-state index contributed by atoms with van der Waals surface area (Å²) in [5.74, 6) is -2.22. The summed E-state index contributed by atoms with van der Waals surface area (Å²) < 4.78 is 19.3. The summed E-state index contributed by atoms with van der Waals surface area (Å²) in [5, 5.41) is 19.9. The normalized spacial score (nSPS) is 17.2. The minimum Gasteiger partial charge on any atom is -0.478 e. The van der Waals surface area contributed by atoms with Crippen molar-refractivity contribution in [1.82, 2.24) is 5.32 Å². The summed E-state index contributed by atoms with van der Waals surface area (Å²) >= 11 is 0. The highest BCUT2D eigenvalue weighted by atomic mass is 19.1. The molecule has 2 heterocycles. The maximum Gasteiger partial charge on any atom is 0.328 e. The highest BCUT2D eigenvalue weighted by Gasteiger charge is 2.27. The number of aliphatic carboxylic acids is 2. The molecule has 0 radical (unpaired) electrons. The summed E-state index contributed by atoms with van der Waals surface area (Å²) in [6.07, 6.45) is 2.74. The lowest BCUT2D eigenvalue weighted by Crippen LogP contribution is -2.53. The second-order valence-corrected chi connectivity index (χ2v) is 6.48. The highest BCUT2D eigenvalue weighted by molar-refractivity contribution is 5.90. The molecule has 0 amide bonds. The third kappa shape index (κ3) is 5.55. The van der Waals surface area contributed by atoms with E-state index in [0.29, 0.717) is 24.1 Å². The molecule has 0 unspecified atom stereocenters. The number of nitrogens with one attached hydrogen (secondary N) is 1. The summed E-state index contributed by atoms with van der Waals surface area (Å²) in [4.78, 5) is 21.4. The fraction of sp³-hybridized carbons (Fsp3) is 0.368. The van der Waals surface area contributed by atoms with Gasteiger partial charge in [-0.1, -0.05) is 13.8 Å². The summed E-state index contributed by atoms with van der Waals surface area (Å²) in [5.41, 5.74) is 1.66. The van der Waals surface area contributed by atoms with Crippen LogP contribution < -0.4 is 10.2 Å². The molecule has 0 aliphatic carbocycles. The minimum atomic E-state index is -1.26. The Labute approximate surface area is 156 Å². The number of anilines is 1. The van der Waals surface area contributed by atoms with Crippen LogP contribution in [0, 0.1) is 11.7 Å². The van der Waals surface area contributed by atoms with Crippen molar-refractivity contribution < 1.29 is 28.6 Å². The molecule has 1 aliphatic rings. The van der Waals surface area contributed by atoms with Gasteiger partial charge in [-0.15, -0.1) is 0 Å². The van der Waals surface area contributed by atoms with Gasteiger partial charge in [0.25, 0.3) is 0 Å². The van der Waals surface area contributed by atoms with E-state index in [9.17, 15) is 14.0 Å². The molecular weight excluding hydrogens is 355 g/mol. The number of benzene rings is 1. The molecule has 3 rings (SSSR count). The van der Waals surface area contributed by atoms with Crippen LogP contribution in [-0.2, 0) is 9.59 Å². The zero-order valence-corrected chi connectivity index (χ0v) is 15.2. The zero-order valence-electron chi connectivity index (χ0n) is 15.2. The van der Waals surface area contributed by atoms with E-state index < -0.39 is 11.9 Å². The number of hydrogen-bond acceptors (Lipinski definition) is 5. The molecule has 3 N–H and O–H groups in total. The minimum absolute atomic E-state index is 0.204. The first kappa shape index (κ1) is 20.4. The summed E-state index contributed by atoms with van der Waals surface area (Å²) in [6.45, 7) is 7.12. The fourth-order valence-corrected chi connectivity index (χ4v) is 3.00. The Morgan fingerprint density at radius 3 is 2.56 bits per heavy atom. The molecule has 8 heteroatoms. The lowest BCUT2D eigenvalue weighted by Gasteiger charge is -2.40. The van der Waals surface area contributed by atoms with E-state index in [1.165, 1.54) is 6.07 Å². The molecule has 1 saturated heterocycles. The quantitative estimate of drug-likeness (QED) is 0.703. The molecule has 146 valence electrons. The maximum absolute atomic E-state index is 13.8. The Hall–Kier alpha value is -2.87. The molecule has 1 atom stereocenters. The average Bonchev–Trinajstić information content (AvgIpc) is 3.08. The molecule has 0 spiro atoms. The predicted octanol–water partition coefficient (Wildman–Crippen LogP) is 2.72. The van der Waals surface area contributed by atoms with Crippen molar-refractivity contribution in [3.63, 3.8) is 0 Å². The van der Waals surface area contributed by atoms with E-state index in [4.69, 9.17) is 14.6 Å². The number of carboxylic acids is 2. The Morgan fingerprint density at radius 1 is 1.30 bits per heavy atom. The topological polar surface area (TPSA) is 103 Å². The van der Waals surface area contributed by atoms with Crippen LogP contribution in [-0.4, -0.2) is 47.8 Å². The first-order valence-corrected chi connectivity index (χ1v) is 8.57. The predicted molar refractivity (Wildman–Crippen MR) is 99.4 cm³/mol. The number of halogens is 1. The first-order chi connectivity index (χ1) is 12.8. The fourth-order valence-electron chi connectivity index (χ4n) is 3.00. The third-order valence-corrected chi connectivity index (χ3v) is 4.23. The number of rotatable bonds is 4. The standard InChI is InChI=1S/C15H19FN2O.C4H4O4/c1-10(2)14-9-17-4-5-18(14)13-8-12(16)7-11-3-6-19-15(11)13;5-3(6)1-2-4(7)8/h3,6-8,10,14,17H,4-5,9H2,1-2H3;1-2H,(H,5,6)(H,7,8)/b;2-1+/t14-;/m1./s1. The van der Waals surface area contributed by atoms with Gasteiger partial charge in [-0.25, -0.2) is 14.0 Å². The molecule has 0 bridgehead atoms. The van der Waals surface area contributed by atoms with Crippen LogP contribution in [0.5, 0.6) is 0 Å². The van der Waals surface area contributed by atoms with Gasteiger partial charge < -0.3 is 24.8 Å². The monoisotopic (exact) mass is 378 g/mol. The number of furan rings is 1. The van der Waals surface area contributed by atoms with Crippen molar-refractivity contribution in [3.8, 4) is 0 Å². The van der Waals surface area contributed by atoms with Crippen LogP contribution in [0.15, 0.2) is 41.0 Å². The Kier molecular flexibility index (Phi) is 6.95. The largest absolute Gasteiger partial charge is 0.478 e. The van der Waals surface area contributed by atoms with Gasteiger partial charge in [-0.2, -0.15) is 0 Å². The zero-order chi connectivity index (χ0) is 20.0. The van der Waals surface area contributed by atoms with Crippen molar-refractivity contribution in [2.24, 2.45) is 5.92 Å². The Bertz CT molecular complexity index is 815. The molecule has 1 aromatic heterocycles. The molecule has 1 fully saturated rings. The van der Waals surface area contributed by atoms with Crippen LogP contribution in [0.25, 0.3) is 11.0 Å². The van der Waals surface area contributed by atoms with Gasteiger partial charge in [0.05, 0.1) is 12.0 Å². The lowest BCUT2D eigenvalue weighted by atomic mass is 9.99. The number of carbonyl (C=O) groups is 2.